The SMILES string of the molecule is CCOC(C)(CC)C(Cc1ccn(C(C)CC)n1)NC. The summed E-state index contributed by atoms with van der Waals surface area (Å²) in [6, 6.07) is 2.85. The molecule has 0 amide bonds. The number of likely N-dealkylation sites (N-methyl/N-ethyl adjacent to an activating group) is 1. The van der Waals surface area contributed by atoms with Crippen LogP contribution >= 0.6 is 0 Å². The first-order valence-electron chi connectivity index (χ1n) is 7.85. The lowest BCUT2D eigenvalue weighted by molar-refractivity contribution is -0.0536. The van der Waals surface area contributed by atoms with Gasteiger partial charge in [0.1, 0.15) is 0 Å². The maximum Gasteiger partial charge on any atom is 0.0807 e. The molecule has 0 saturated carbocycles. The monoisotopic (exact) mass is 281 g/mol. The summed E-state index contributed by atoms with van der Waals surface area (Å²) in [5, 5.41) is 8.10. The number of hydrogen-bond acceptors (Lipinski definition) is 3. The van der Waals surface area contributed by atoms with Gasteiger partial charge in [-0.15, -0.1) is 0 Å². The largest absolute Gasteiger partial charge is 0.374 e. The third-order valence-corrected chi connectivity index (χ3v) is 4.38. The molecule has 0 saturated heterocycles. The van der Waals surface area contributed by atoms with E-state index in [1.165, 1.54) is 0 Å². The third-order valence-electron chi connectivity index (χ3n) is 4.38. The summed E-state index contributed by atoms with van der Waals surface area (Å²) in [7, 11) is 2.00. The van der Waals surface area contributed by atoms with E-state index in [-0.39, 0.29) is 11.6 Å². The van der Waals surface area contributed by atoms with Crippen LogP contribution in [0.3, 0.4) is 0 Å². The van der Waals surface area contributed by atoms with Crippen LogP contribution in [-0.2, 0) is 11.2 Å². The van der Waals surface area contributed by atoms with Gasteiger partial charge in [0, 0.05) is 31.3 Å². The van der Waals surface area contributed by atoms with E-state index in [1.54, 1.807) is 0 Å². The highest BCUT2D eigenvalue weighted by atomic mass is 16.5. The Labute approximate surface area is 123 Å². The maximum atomic E-state index is 5.98. The standard InChI is InChI=1S/C16H31N3O/c1-7-13(4)19-11-10-14(18-19)12-15(17-6)16(5,8-2)20-9-3/h10-11,13,15,17H,7-9,12H2,1-6H3. The quantitative estimate of drug-likeness (QED) is 0.755. The minimum absolute atomic E-state index is 0.149. The number of nitrogens with zero attached hydrogens (tertiary/aromatic N) is 2. The Morgan fingerprint density at radius 2 is 2.10 bits per heavy atom. The van der Waals surface area contributed by atoms with Gasteiger partial charge in [-0.3, -0.25) is 4.68 Å². The smallest absolute Gasteiger partial charge is 0.0807 e. The average molecular weight is 281 g/mol. The van der Waals surface area contributed by atoms with Gasteiger partial charge in [0.2, 0.25) is 0 Å². The lowest BCUT2D eigenvalue weighted by Crippen LogP contribution is -2.50. The van der Waals surface area contributed by atoms with Crippen LogP contribution in [0.2, 0.25) is 0 Å². The molecule has 1 aromatic rings. The fraction of sp³-hybridized carbons (Fsp3) is 0.812. The van der Waals surface area contributed by atoms with Crippen molar-refractivity contribution in [1.29, 1.82) is 0 Å². The number of nitrogens with one attached hydrogen (secondary N) is 1. The zero-order valence-corrected chi connectivity index (χ0v) is 13.9. The van der Waals surface area contributed by atoms with E-state index in [9.17, 15) is 0 Å². The van der Waals surface area contributed by atoms with Crippen molar-refractivity contribution in [3.05, 3.63) is 18.0 Å². The molecule has 4 heteroatoms. The van der Waals surface area contributed by atoms with Crippen LogP contribution in [0.1, 0.15) is 59.2 Å². The van der Waals surface area contributed by atoms with Crippen molar-refractivity contribution < 1.29 is 4.74 Å². The molecule has 1 heterocycles. The van der Waals surface area contributed by atoms with Gasteiger partial charge < -0.3 is 10.1 Å². The molecule has 0 fully saturated rings. The van der Waals surface area contributed by atoms with Gasteiger partial charge in [-0.25, -0.2) is 0 Å². The second-order valence-corrected chi connectivity index (χ2v) is 5.69. The summed E-state index contributed by atoms with van der Waals surface area (Å²) in [5.41, 5.74) is 0.980. The summed E-state index contributed by atoms with van der Waals surface area (Å²) in [6.07, 6.45) is 5.06. The average Bonchev–Trinajstić information content (AvgIpc) is 2.92. The second kappa shape index (κ2) is 7.79. The van der Waals surface area contributed by atoms with Gasteiger partial charge in [-0.05, 0) is 46.7 Å². The number of hydrogen-bond donors (Lipinski definition) is 1. The lowest BCUT2D eigenvalue weighted by Gasteiger charge is -2.36. The molecule has 1 rings (SSSR count). The van der Waals surface area contributed by atoms with Gasteiger partial charge in [-0.2, -0.15) is 5.10 Å². The van der Waals surface area contributed by atoms with E-state index >= 15 is 0 Å². The lowest BCUT2D eigenvalue weighted by atomic mass is 9.90. The first-order valence-corrected chi connectivity index (χ1v) is 7.85. The van der Waals surface area contributed by atoms with Crippen molar-refractivity contribution in [2.45, 2.75) is 71.6 Å². The molecule has 0 aromatic carbocycles. The molecule has 20 heavy (non-hydrogen) atoms. The first-order chi connectivity index (χ1) is 9.50. The van der Waals surface area contributed by atoms with Gasteiger partial charge in [0.25, 0.3) is 0 Å². The Bertz CT molecular complexity index is 391. The molecule has 116 valence electrons. The Morgan fingerprint density at radius 1 is 1.40 bits per heavy atom. The van der Waals surface area contributed by atoms with E-state index in [4.69, 9.17) is 9.84 Å². The summed E-state index contributed by atoms with van der Waals surface area (Å²) >= 11 is 0. The highest BCUT2D eigenvalue weighted by molar-refractivity contribution is 5.05. The van der Waals surface area contributed by atoms with Crippen molar-refractivity contribution >= 4 is 0 Å². The molecule has 0 bridgehead atoms. The second-order valence-electron chi connectivity index (χ2n) is 5.69. The van der Waals surface area contributed by atoms with E-state index in [1.807, 2.05) is 7.05 Å². The van der Waals surface area contributed by atoms with Crippen molar-refractivity contribution in [2.75, 3.05) is 13.7 Å². The minimum atomic E-state index is -0.149. The van der Waals surface area contributed by atoms with Crippen LogP contribution in [0.5, 0.6) is 0 Å². The van der Waals surface area contributed by atoms with Crippen LogP contribution < -0.4 is 5.32 Å². The fourth-order valence-corrected chi connectivity index (χ4v) is 2.53. The number of aromatic nitrogens is 2. The Hall–Kier alpha value is -0.870. The van der Waals surface area contributed by atoms with E-state index in [0.717, 1.165) is 31.6 Å². The molecule has 1 aromatic heterocycles. The predicted octanol–water partition coefficient (Wildman–Crippen LogP) is 3.19. The van der Waals surface area contributed by atoms with Crippen LogP contribution in [0, 0.1) is 0 Å². The van der Waals surface area contributed by atoms with Crippen molar-refractivity contribution in [3.8, 4) is 0 Å². The molecule has 3 unspecified atom stereocenters. The molecular formula is C16H31N3O. The summed E-state index contributed by atoms with van der Waals surface area (Å²) in [5.74, 6) is 0. The first kappa shape index (κ1) is 17.2. The number of rotatable bonds is 9. The third kappa shape index (κ3) is 4.06. The van der Waals surface area contributed by atoms with E-state index in [2.05, 4.69) is 56.9 Å². The molecule has 0 spiro atoms. The number of ether oxygens (including phenoxy) is 1. The Kier molecular flexibility index (Phi) is 6.69. The zero-order valence-electron chi connectivity index (χ0n) is 13.9. The summed E-state index contributed by atoms with van der Waals surface area (Å²) < 4.78 is 8.04. The molecule has 0 aliphatic rings. The van der Waals surface area contributed by atoms with Crippen molar-refractivity contribution in [2.24, 2.45) is 0 Å². The van der Waals surface area contributed by atoms with E-state index < -0.39 is 0 Å². The molecule has 0 aliphatic heterocycles. The predicted molar refractivity (Wildman–Crippen MR) is 84.1 cm³/mol. The summed E-state index contributed by atoms with van der Waals surface area (Å²) in [4.78, 5) is 0. The maximum absolute atomic E-state index is 5.98. The molecule has 0 radical (unpaired) electrons. The van der Waals surface area contributed by atoms with Gasteiger partial charge >= 0.3 is 0 Å². The topological polar surface area (TPSA) is 39.1 Å². The van der Waals surface area contributed by atoms with Gasteiger partial charge in [0.15, 0.2) is 0 Å². The van der Waals surface area contributed by atoms with Crippen LogP contribution in [0.15, 0.2) is 12.3 Å². The van der Waals surface area contributed by atoms with Crippen LogP contribution in [0.4, 0.5) is 0 Å². The van der Waals surface area contributed by atoms with Crippen molar-refractivity contribution in [3.63, 3.8) is 0 Å². The molecule has 1 N–H and O–H groups in total. The highest BCUT2D eigenvalue weighted by Gasteiger charge is 2.32. The normalized spacial score (nSPS) is 17.7. The zero-order chi connectivity index (χ0) is 15.2. The fourth-order valence-electron chi connectivity index (χ4n) is 2.53. The molecule has 0 aliphatic carbocycles. The van der Waals surface area contributed by atoms with Crippen LogP contribution in [0.25, 0.3) is 0 Å². The summed E-state index contributed by atoms with van der Waals surface area (Å²) in [6.45, 7) is 11.5. The van der Waals surface area contributed by atoms with Gasteiger partial charge in [-0.1, -0.05) is 13.8 Å². The Morgan fingerprint density at radius 3 is 2.60 bits per heavy atom. The Balaban J connectivity index is 2.80. The minimum Gasteiger partial charge on any atom is -0.374 e. The highest BCUT2D eigenvalue weighted by Crippen LogP contribution is 2.23. The van der Waals surface area contributed by atoms with Crippen molar-refractivity contribution in [1.82, 2.24) is 15.1 Å². The van der Waals surface area contributed by atoms with E-state index in [0.29, 0.717) is 6.04 Å². The molecular weight excluding hydrogens is 250 g/mol. The molecule has 4 nitrogen and oxygen atoms in total. The molecule has 3 atom stereocenters. The van der Waals surface area contributed by atoms with Gasteiger partial charge in [0.05, 0.1) is 11.3 Å². The van der Waals surface area contributed by atoms with Crippen LogP contribution in [-0.4, -0.2) is 35.1 Å².